The summed E-state index contributed by atoms with van der Waals surface area (Å²) in [6.07, 6.45) is 0. The fourth-order valence-electron chi connectivity index (χ4n) is 4.92. The number of nitrogens with one attached hydrogen (secondary N) is 1. The highest BCUT2D eigenvalue weighted by Crippen LogP contribution is 2.50. The maximum Gasteiger partial charge on any atom is 0.336 e. The van der Waals surface area contributed by atoms with Gasteiger partial charge in [-0.2, -0.15) is 0 Å². The Hall–Kier alpha value is -3.91. The maximum absolute atomic E-state index is 13.7. The van der Waals surface area contributed by atoms with Gasteiger partial charge in [0, 0.05) is 26.9 Å². The lowest BCUT2D eigenvalue weighted by atomic mass is 9.79. The number of fused-ring (bicyclic) bond motifs is 2. The minimum Gasteiger partial charge on any atom is -0.490 e. The van der Waals surface area contributed by atoms with Gasteiger partial charge in [-0.1, -0.05) is 52.3 Å². The van der Waals surface area contributed by atoms with Crippen molar-refractivity contribution in [3.05, 3.63) is 110 Å². The summed E-state index contributed by atoms with van der Waals surface area (Å²) in [4.78, 5) is 26.7. The molecule has 0 fully saturated rings. The molecular formula is C30H25BrFNO5. The molecule has 1 heterocycles. The maximum atomic E-state index is 13.7. The number of hydrogen-bond acceptors (Lipinski definition) is 6. The van der Waals surface area contributed by atoms with Crippen LogP contribution in [0.2, 0.25) is 0 Å². The zero-order valence-corrected chi connectivity index (χ0v) is 22.6. The van der Waals surface area contributed by atoms with Crippen molar-refractivity contribution in [2.24, 2.45) is 0 Å². The zero-order chi connectivity index (χ0) is 27.0. The van der Waals surface area contributed by atoms with Gasteiger partial charge in [-0.05, 0) is 49.2 Å². The van der Waals surface area contributed by atoms with Gasteiger partial charge < -0.3 is 19.5 Å². The van der Waals surface area contributed by atoms with E-state index in [0.29, 0.717) is 56.2 Å². The van der Waals surface area contributed by atoms with Gasteiger partial charge in [0.1, 0.15) is 12.4 Å². The van der Waals surface area contributed by atoms with Crippen molar-refractivity contribution in [2.45, 2.75) is 26.4 Å². The molecule has 0 unspecified atom stereocenters. The Kier molecular flexibility index (Phi) is 7.08. The van der Waals surface area contributed by atoms with Crippen LogP contribution in [0.5, 0.6) is 11.5 Å². The number of benzene rings is 3. The molecule has 3 aromatic rings. The quantitative estimate of drug-likeness (QED) is 0.332. The molecule has 1 aliphatic carbocycles. The molecule has 1 aliphatic heterocycles. The molecule has 2 aliphatic rings. The van der Waals surface area contributed by atoms with Crippen LogP contribution in [0, 0.1) is 5.82 Å². The average molecular weight is 578 g/mol. The van der Waals surface area contributed by atoms with E-state index < -0.39 is 11.9 Å². The predicted octanol–water partition coefficient (Wildman–Crippen LogP) is 6.31. The van der Waals surface area contributed by atoms with Gasteiger partial charge in [0.05, 0.1) is 30.9 Å². The molecule has 1 atom stereocenters. The Morgan fingerprint density at radius 1 is 1.03 bits per heavy atom. The minimum atomic E-state index is -0.710. The van der Waals surface area contributed by atoms with Crippen LogP contribution >= 0.6 is 15.9 Å². The third kappa shape index (κ3) is 4.49. The van der Waals surface area contributed by atoms with Gasteiger partial charge in [-0.15, -0.1) is 0 Å². The second-order valence-electron chi connectivity index (χ2n) is 8.92. The molecule has 0 saturated carbocycles. The Bertz CT molecular complexity index is 1510. The van der Waals surface area contributed by atoms with Gasteiger partial charge in [0.25, 0.3) is 0 Å². The van der Waals surface area contributed by atoms with E-state index in [1.165, 1.54) is 19.2 Å². The second kappa shape index (κ2) is 10.5. The number of carbonyl (C=O) groups excluding carboxylic acids is 2. The van der Waals surface area contributed by atoms with Gasteiger partial charge in [0.15, 0.2) is 17.3 Å². The van der Waals surface area contributed by atoms with Gasteiger partial charge in [-0.25, -0.2) is 9.18 Å². The summed E-state index contributed by atoms with van der Waals surface area (Å²) in [6.45, 7) is 4.23. The fourth-order valence-corrected chi connectivity index (χ4v) is 5.47. The molecule has 5 rings (SSSR count). The molecule has 1 N–H and O–H groups in total. The normalized spacial score (nSPS) is 16.1. The molecule has 194 valence electrons. The van der Waals surface area contributed by atoms with Crippen molar-refractivity contribution >= 4 is 33.4 Å². The van der Waals surface area contributed by atoms with Crippen LogP contribution in [0.15, 0.2) is 82.0 Å². The number of allylic oxidation sites excluding steroid dienone is 2. The lowest BCUT2D eigenvalue weighted by Gasteiger charge is -2.30. The standard InChI is InChI=1S/C30H25BrFNO5/c1-4-37-23-13-21(22(31)14-24(23)38-15-17-9-11-18(32)12-10-17)26-25(30(35)36-3)16(2)33-28-19-7-5-6-8-20(19)29(34)27(26)28/h5-14,26,33H,4,15H2,1-3H3/t26-/m1/s1. The molecule has 0 spiro atoms. The summed E-state index contributed by atoms with van der Waals surface area (Å²) in [6, 6.07) is 17.0. The average Bonchev–Trinajstić information content (AvgIpc) is 3.20. The third-order valence-corrected chi connectivity index (χ3v) is 7.32. The Morgan fingerprint density at radius 3 is 2.39 bits per heavy atom. The van der Waals surface area contributed by atoms with Crippen LogP contribution in [0.4, 0.5) is 4.39 Å². The number of Topliss-reactive ketones (excluding diaryl/α,β-unsaturated/α-hetero) is 1. The molecule has 38 heavy (non-hydrogen) atoms. The van der Waals surface area contributed by atoms with Crippen molar-refractivity contribution < 1.29 is 28.2 Å². The topological polar surface area (TPSA) is 73.9 Å². The molecule has 8 heteroatoms. The Labute approximate surface area is 228 Å². The molecule has 0 saturated heterocycles. The van der Waals surface area contributed by atoms with Crippen LogP contribution in [0.3, 0.4) is 0 Å². The van der Waals surface area contributed by atoms with E-state index >= 15 is 0 Å². The fraction of sp³-hybridized carbons (Fsp3) is 0.200. The van der Waals surface area contributed by atoms with Crippen LogP contribution < -0.4 is 14.8 Å². The monoisotopic (exact) mass is 577 g/mol. The van der Waals surface area contributed by atoms with Crippen LogP contribution in [-0.2, 0) is 16.1 Å². The smallest absolute Gasteiger partial charge is 0.336 e. The summed E-state index contributed by atoms with van der Waals surface area (Å²) in [5, 5.41) is 3.28. The van der Waals surface area contributed by atoms with E-state index in [4.69, 9.17) is 14.2 Å². The van der Waals surface area contributed by atoms with E-state index in [-0.39, 0.29) is 18.2 Å². The first kappa shape index (κ1) is 25.7. The highest BCUT2D eigenvalue weighted by Gasteiger charge is 2.43. The summed E-state index contributed by atoms with van der Waals surface area (Å²) in [7, 11) is 1.32. The first-order valence-electron chi connectivity index (χ1n) is 12.1. The van der Waals surface area contributed by atoms with Gasteiger partial charge in [0.2, 0.25) is 0 Å². The number of hydrogen-bond donors (Lipinski definition) is 1. The van der Waals surface area contributed by atoms with Crippen LogP contribution in [0.1, 0.15) is 46.8 Å². The van der Waals surface area contributed by atoms with Crippen molar-refractivity contribution in [3.63, 3.8) is 0 Å². The molecule has 0 aromatic heterocycles. The van der Waals surface area contributed by atoms with Crippen molar-refractivity contribution in [2.75, 3.05) is 13.7 Å². The van der Waals surface area contributed by atoms with E-state index in [1.807, 2.05) is 25.1 Å². The van der Waals surface area contributed by atoms with Crippen LogP contribution in [-0.4, -0.2) is 25.5 Å². The predicted molar refractivity (Wildman–Crippen MR) is 144 cm³/mol. The molecule has 6 nitrogen and oxygen atoms in total. The highest BCUT2D eigenvalue weighted by molar-refractivity contribution is 9.10. The number of halogens is 2. The number of methoxy groups -OCH3 is 1. The summed E-state index contributed by atoms with van der Waals surface area (Å²) < 4.78 is 31.0. The number of dihydropyridines is 1. The van der Waals surface area contributed by atoms with Crippen molar-refractivity contribution in [1.29, 1.82) is 0 Å². The van der Waals surface area contributed by atoms with E-state index in [9.17, 15) is 14.0 Å². The number of ether oxygens (including phenoxy) is 3. The van der Waals surface area contributed by atoms with E-state index in [2.05, 4.69) is 21.2 Å². The highest BCUT2D eigenvalue weighted by atomic mass is 79.9. The molecule has 0 amide bonds. The first-order chi connectivity index (χ1) is 18.3. The van der Waals surface area contributed by atoms with Gasteiger partial charge >= 0.3 is 5.97 Å². The summed E-state index contributed by atoms with van der Waals surface area (Å²) >= 11 is 3.66. The van der Waals surface area contributed by atoms with Crippen molar-refractivity contribution in [3.8, 4) is 11.5 Å². The number of carbonyl (C=O) groups is 2. The zero-order valence-electron chi connectivity index (χ0n) is 21.1. The molecular weight excluding hydrogens is 553 g/mol. The molecule has 3 aromatic carbocycles. The summed E-state index contributed by atoms with van der Waals surface area (Å²) in [5.41, 5.74) is 4.93. The molecule has 0 bridgehead atoms. The van der Waals surface area contributed by atoms with Crippen LogP contribution in [0.25, 0.3) is 5.70 Å². The SMILES string of the molecule is CCOc1cc([C@@H]2C(C(=O)OC)=C(C)NC3=C2C(=O)c2ccccc23)c(Br)cc1OCc1ccc(F)cc1. The largest absolute Gasteiger partial charge is 0.490 e. The first-order valence-corrected chi connectivity index (χ1v) is 12.9. The second-order valence-corrected chi connectivity index (χ2v) is 9.77. The lowest BCUT2D eigenvalue weighted by Crippen LogP contribution is -2.29. The lowest BCUT2D eigenvalue weighted by molar-refractivity contribution is -0.136. The Balaban J connectivity index is 1.61. The molecule has 0 radical (unpaired) electrons. The van der Waals surface area contributed by atoms with E-state index in [1.54, 1.807) is 37.3 Å². The number of ketones is 1. The van der Waals surface area contributed by atoms with Gasteiger partial charge in [-0.3, -0.25) is 4.79 Å². The summed E-state index contributed by atoms with van der Waals surface area (Å²) in [5.74, 6) is -0.784. The van der Waals surface area contributed by atoms with Crippen molar-refractivity contribution in [1.82, 2.24) is 5.32 Å². The number of rotatable bonds is 7. The Morgan fingerprint density at radius 2 is 1.71 bits per heavy atom. The van der Waals surface area contributed by atoms with E-state index in [0.717, 1.165) is 11.1 Å². The number of esters is 1. The minimum absolute atomic E-state index is 0.150. The third-order valence-electron chi connectivity index (χ3n) is 6.64.